The molecule has 0 amide bonds. The topological polar surface area (TPSA) is 29.5 Å². The number of aliphatic hydroxyl groups excluding tert-OH is 1. The second kappa shape index (κ2) is 3.55. The Morgan fingerprint density at radius 1 is 1.55 bits per heavy atom. The van der Waals surface area contributed by atoms with Crippen LogP contribution < -0.4 is 0 Å². The molecule has 0 radical (unpaired) electrons. The van der Waals surface area contributed by atoms with Crippen LogP contribution in [-0.4, -0.2) is 23.4 Å². The largest absolute Gasteiger partial charge is 0.390 e. The fourth-order valence-corrected chi connectivity index (χ4v) is 1.68. The highest BCUT2D eigenvalue weighted by molar-refractivity contribution is 4.92. The zero-order chi connectivity index (χ0) is 8.32. The van der Waals surface area contributed by atoms with Crippen LogP contribution in [-0.2, 0) is 4.74 Å². The molecule has 0 aromatic heterocycles. The minimum absolute atomic E-state index is 0.171. The van der Waals surface area contributed by atoms with Gasteiger partial charge in [-0.2, -0.15) is 0 Å². The Morgan fingerprint density at radius 3 is 2.45 bits per heavy atom. The van der Waals surface area contributed by atoms with Gasteiger partial charge in [-0.3, -0.25) is 0 Å². The normalized spacial score (nSPS) is 33.0. The molecule has 0 aromatic rings. The van der Waals surface area contributed by atoms with E-state index >= 15 is 0 Å². The van der Waals surface area contributed by atoms with Crippen LogP contribution in [0.15, 0.2) is 0 Å². The van der Waals surface area contributed by atoms with E-state index < -0.39 is 0 Å². The summed E-state index contributed by atoms with van der Waals surface area (Å²) in [6.07, 6.45) is 3.63. The Morgan fingerprint density at radius 2 is 2.18 bits per heavy atom. The van der Waals surface area contributed by atoms with Gasteiger partial charge in [0.1, 0.15) is 0 Å². The maximum atomic E-state index is 9.69. The number of ether oxygens (including phenoxy) is 1. The van der Waals surface area contributed by atoms with Crippen LogP contribution in [0.1, 0.15) is 39.5 Å². The lowest BCUT2D eigenvalue weighted by atomic mass is 9.84. The van der Waals surface area contributed by atoms with E-state index in [4.69, 9.17) is 4.74 Å². The number of aliphatic hydroxyl groups is 1. The third kappa shape index (κ3) is 1.57. The average molecular weight is 158 g/mol. The smallest absolute Gasteiger partial charge is 0.0959 e. The van der Waals surface area contributed by atoms with E-state index in [1.54, 1.807) is 0 Å². The average Bonchev–Trinajstić information content (AvgIpc) is 1.87. The summed E-state index contributed by atoms with van der Waals surface area (Å²) in [6, 6.07) is 0. The Hall–Kier alpha value is -0.0800. The second-order valence-corrected chi connectivity index (χ2v) is 3.32. The standard InChI is InChI=1S/C9H18O2/c1-3-5-8(10)9(4-2)6-7-11-9/h8,10H,3-7H2,1-2H3. The summed E-state index contributed by atoms with van der Waals surface area (Å²) < 4.78 is 5.43. The summed E-state index contributed by atoms with van der Waals surface area (Å²) in [7, 11) is 0. The predicted molar refractivity (Wildman–Crippen MR) is 44.5 cm³/mol. The monoisotopic (exact) mass is 158 g/mol. The van der Waals surface area contributed by atoms with Crippen molar-refractivity contribution in [2.75, 3.05) is 6.61 Å². The first-order valence-corrected chi connectivity index (χ1v) is 4.57. The molecule has 0 aromatic carbocycles. The van der Waals surface area contributed by atoms with Crippen molar-refractivity contribution >= 4 is 0 Å². The van der Waals surface area contributed by atoms with Crippen LogP contribution in [0.5, 0.6) is 0 Å². The van der Waals surface area contributed by atoms with Crippen molar-refractivity contribution in [3.63, 3.8) is 0 Å². The molecule has 1 aliphatic heterocycles. The fraction of sp³-hybridized carbons (Fsp3) is 1.00. The lowest BCUT2D eigenvalue weighted by Crippen LogP contribution is -2.52. The Labute approximate surface area is 68.6 Å². The Bertz CT molecular complexity index is 113. The number of hydrogen-bond donors (Lipinski definition) is 1. The lowest BCUT2D eigenvalue weighted by molar-refractivity contribution is -0.207. The maximum Gasteiger partial charge on any atom is 0.0959 e. The number of rotatable bonds is 4. The van der Waals surface area contributed by atoms with Crippen molar-refractivity contribution in [1.29, 1.82) is 0 Å². The molecule has 0 aliphatic carbocycles. The molecule has 0 bridgehead atoms. The van der Waals surface area contributed by atoms with Gasteiger partial charge in [-0.05, 0) is 12.8 Å². The molecule has 11 heavy (non-hydrogen) atoms. The molecule has 66 valence electrons. The summed E-state index contributed by atoms with van der Waals surface area (Å²) in [5, 5.41) is 9.69. The Kier molecular flexibility index (Phi) is 2.90. The van der Waals surface area contributed by atoms with Crippen molar-refractivity contribution in [2.45, 2.75) is 51.2 Å². The summed E-state index contributed by atoms with van der Waals surface area (Å²) in [5.41, 5.74) is -0.171. The fourth-order valence-electron chi connectivity index (χ4n) is 1.68. The van der Waals surface area contributed by atoms with E-state index in [1.807, 2.05) is 0 Å². The van der Waals surface area contributed by atoms with Crippen LogP contribution >= 0.6 is 0 Å². The highest BCUT2D eigenvalue weighted by atomic mass is 16.5. The summed E-state index contributed by atoms with van der Waals surface area (Å²) in [4.78, 5) is 0. The van der Waals surface area contributed by atoms with Gasteiger partial charge in [0.2, 0.25) is 0 Å². The molecular formula is C9H18O2. The molecule has 1 heterocycles. The van der Waals surface area contributed by atoms with E-state index in [9.17, 15) is 5.11 Å². The van der Waals surface area contributed by atoms with Gasteiger partial charge in [-0.1, -0.05) is 20.3 Å². The molecule has 2 atom stereocenters. The van der Waals surface area contributed by atoms with Crippen molar-refractivity contribution in [2.24, 2.45) is 0 Å². The van der Waals surface area contributed by atoms with E-state index in [0.717, 1.165) is 32.3 Å². The van der Waals surface area contributed by atoms with Gasteiger partial charge in [0.15, 0.2) is 0 Å². The molecule has 1 aliphatic rings. The minimum atomic E-state index is -0.244. The summed E-state index contributed by atoms with van der Waals surface area (Å²) >= 11 is 0. The minimum Gasteiger partial charge on any atom is -0.390 e. The van der Waals surface area contributed by atoms with Crippen LogP contribution in [0.4, 0.5) is 0 Å². The molecule has 2 heteroatoms. The molecule has 0 spiro atoms. The summed E-state index contributed by atoms with van der Waals surface area (Å²) in [5.74, 6) is 0. The van der Waals surface area contributed by atoms with E-state index in [-0.39, 0.29) is 11.7 Å². The zero-order valence-electron chi connectivity index (χ0n) is 7.47. The van der Waals surface area contributed by atoms with Gasteiger partial charge >= 0.3 is 0 Å². The van der Waals surface area contributed by atoms with Gasteiger partial charge in [-0.25, -0.2) is 0 Å². The van der Waals surface area contributed by atoms with Gasteiger partial charge in [0.25, 0.3) is 0 Å². The van der Waals surface area contributed by atoms with Crippen LogP contribution in [0.2, 0.25) is 0 Å². The van der Waals surface area contributed by atoms with Crippen LogP contribution in [0.25, 0.3) is 0 Å². The second-order valence-electron chi connectivity index (χ2n) is 3.32. The molecule has 1 N–H and O–H groups in total. The van der Waals surface area contributed by atoms with Crippen LogP contribution in [0.3, 0.4) is 0 Å². The molecule has 1 saturated heterocycles. The SMILES string of the molecule is CCCC(O)C1(CC)CCO1. The first kappa shape index (κ1) is 9.01. The van der Waals surface area contributed by atoms with Gasteiger partial charge in [0, 0.05) is 6.42 Å². The van der Waals surface area contributed by atoms with Crippen molar-refractivity contribution in [3.8, 4) is 0 Å². The van der Waals surface area contributed by atoms with Crippen molar-refractivity contribution < 1.29 is 9.84 Å². The molecule has 2 nitrogen and oxygen atoms in total. The third-order valence-electron chi connectivity index (χ3n) is 2.68. The Balaban J connectivity index is 2.40. The first-order chi connectivity index (χ1) is 5.25. The first-order valence-electron chi connectivity index (χ1n) is 4.57. The van der Waals surface area contributed by atoms with Gasteiger partial charge in [-0.15, -0.1) is 0 Å². The van der Waals surface area contributed by atoms with Crippen molar-refractivity contribution in [1.82, 2.24) is 0 Å². The molecule has 1 rings (SSSR count). The van der Waals surface area contributed by atoms with Gasteiger partial charge in [0.05, 0.1) is 18.3 Å². The zero-order valence-corrected chi connectivity index (χ0v) is 7.47. The van der Waals surface area contributed by atoms with E-state index in [0.29, 0.717) is 0 Å². The quantitative estimate of drug-likeness (QED) is 0.675. The van der Waals surface area contributed by atoms with Crippen LogP contribution in [0, 0.1) is 0 Å². The van der Waals surface area contributed by atoms with E-state index in [2.05, 4.69) is 13.8 Å². The summed E-state index contributed by atoms with van der Waals surface area (Å²) in [6.45, 7) is 5.00. The highest BCUT2D eigenvalue weighted by Gasteiger charge is 2.42. The van der Waals surface area contributed by atoms with Gasteiger partial charge < -0.3 is 9.84 Å². The molecular weight excluding hydrogens is 140 g/mol. The molecule has 1 fully saturated rings. The van der Waals surface area contributed by atoms with Crippen molar-refractivity contribution in [3.05, 3.63) is 0 Å². The van der Waals surface area contributed by atoms with E-state index in [1.165, 1.54) is 0 Å². The molecule has 2 unspecified atom stereocenters. The lowest BCUT2D eigenvalue weighted by Gasteiger charge is -2.44. The third-order valence-corrected chi connectivity index (χ3v) is 2.68. The predicted octanol–water partition coefficient (Wildman–Crippen LogP) is 1.72. The molecule has 0 saturated carbocycles. The highest BCUT2D eigenvalue weighted by Crippen LogP contribution is 2.35. The maximum absolute atomic E-state index is 9.69. The number of hydrogen-bond acceptors (Lipinski definition) is 2.